The summed E-state index contributed by atoms with van der Waals surface area (Å²) in [7, 11) is 0. The number of nitrogens with one attached hydrogen (secondary N) is 1. The summed E-state index contributed by atoms with van der Waals surface area (Å²) in [6, 6.07) is 26.0. The van der Waals surface area contributed by atoms with Gasteiger partial charge < -0.3 is 15.0 Å². The van der Waals surface area contributed by atoms with Crippen molar-refractivity contribution in [2.45, 2.75) is 38.9 Å². The molecule has 2 aliphatic heterocycles. The van der Waals surface area contributed by atoms with E-state index in [2.05, 4.69) is 71.7 Å². The Bertz CT molecular complexity index is 1120. The molecule has 0 bridgehead atoms. The van der Waals surface area contributed by atoms with E-state index in [1.807, 2.05) is 23.1 Å². The summed E-state index contributed by atoms with van der Waals surface area (Å²) in [5.74, 6) is 0.0899. The zero-order valence-corrected chi connectivity index (χ0v) is 20.0. The molecular weight excluding hydrogens is 422 g/mol. The summed E-state index contributed by atoms with van der Waals surface area (Å²) in [4.78, 5) is 16.9. The first-order valence-electron chi connectivity index (χ1n) is 12.2. The summed E-state index contributed by atoms with van der Waals surface area (Å²) in [6.45, 7) is 8.38. The molecule has 5 nitrogen and oxygen atoms in total. The van der Waals surface area contributed by atoms with Crippen LogP contribution in [0.2, 0.25) is 0 Å². The van der Waals surface area contributed by atoms with E-state index in [9.17, 15) is 4.79 Å². The maximum absolute atomic E-state index is 12.5. The third kappa shape index (κ3) is 4.86. The molecule has 0 spiro atoms. The summed E-state index contributed by atoms with van der Waals surface area (Å²) in [5, 5.41) is 3.71. The minimum Gasteiger partial charge on any atom is -0.379 e. The second-order valence-corrected chi connectivity index (χ2v) is 9.40. The van der Waals surface area contributed by atoms with Gasteiger partial charge in [0.05, 0.1) is 19.3 Å². The van der Waals surface area contributed by atoms with Crippen molar-refractivity contribution in [3.8, 4) is 11.1 Å². The largest absolute Gasteiger partial charge is 0.379 e. The Kier molecular flexibility index (Phi) is 6.66. The molecule has 1 amide bonds. The fraction of sp³-hybridized carbons (Fsp3) is 0.345. The molecule has 5 rings (SSSR count). The van der Waals surface area contributed by atoms with Gasteiger partial charge >= 0.3 is 0 Å². The highest BCUT2D eigenvalue weighted by Crippen LogP contribution is 2.41. The van der Waals surface area contributed by atoms with Crippen LogP contribution in [0.4, 0.5) is 11.4 Å². The van der Waals surface area contributed by atoms with Crippen LogP contribution in [0.15, 0.2) is 72.8 Å². The smallest absolute Gasteiger partial charge is 0.224 e. The van der Waals surface area contributed by atoms with E-state index in [1.165, 1.54) is 22.3 Å². The number of carbonyl (C=O) groups is 1. The zero-order chi connectivity index (χ0) is 23.5. The average Bonchev–Trinajstić information content (AvgIpc) is 2.85. The van der Waals surface area contributed by atoms with Crippen molar-refractivity contribution in [2.75, 3.05) is 36.5 Å². The number of carbonyl (C=O) groups excluding carboxylic acids is 1. The van der Waals surface area contributed by atoms with Gasteiger partial charge in [-0.05, 0) is 59.9 Å². The predicted octanol–water partition coefficient (Wildman–Crippen LogP) is 5.48. The highest BCUT2D eigenvalue weighted by Gasteiger charge is 2.32. The summed E-state index contributed by atoms with van der Waals surface area (Å²) in [5.41, 5.74) is 6.97. The van der Waals surface area contributed by atoms with Crippen LogP contribution in [0.1, 0.15) is 37.4 Å². The topological polar surface area (TPSA) is 44.8 Å². The molecule has 5 heteroatoms. The van der Waals surface area contributed by atoms with E-state index in [-0.39, 0.29) is 18.0 Å². The van der Waals surface area contributed by atoms with Crippen molar-refractivity contribution in [1.29, 1.82) is 0 Å². The lowest BCUT2D eigenvalue weighted by atomic mass is 9.88. The number of nitrogens with zero attached hydrogens (tertiary/aromatic N) is 2. The number of rotatable bonds is 5. The Morgan fingerprint density at radius 2 is 1.68 bits per heavy atom. The first-order valence-corrected chi connectivity index (χ1v) is 12.2. The SMILES string of the molecule is CC(=O)N1c2ccc(-c3ccc(CN4CCOCC4)cc3)cc2[C@H](Nc2ccccc2)C[C@@H]1C. The Hall–Kier alpha value is -3.15. The first-order chi connectivity index (χ1) is 16.6. The van der Waals surface area contributed by atoms with Crippen LogP contribution in [0.3, 0.4) is 0 Å². The second-order valence-electron chi connectivity index (χ2n) is 9.40. The summed E-state index contributed by atoms with van der Waals surface area (Å²) in [6.07, 6.45) is 0.864. The highest BCUT2D eigenvalue weighted by atomic mass is 16.5. The molecular formula is C29H33N3O2. The van der Waals surface area contributed by atoms with Gasteiger partial charge in [-0.2, -0.15) is 0 Å². The van der Waals surface area contributed by atoms with Crippen LogP contribution < -0.4 is 10.2 Å². The molecule has 3 aromatic rings. The van der Waals surface area contributed by atoms with Gasteiger partial charge in [0.1, 0.15) is 0 Å². The number of hydrogen-bond acceptors (Lipinski definition) is 4. The molecule has 0 aromatic heterocycles. The second kappa shape index (κ2) is 10.00. The van der Waals surface area contributed by atoms with Crippen molar-refractivity contribution in [3.05, 3.63) is 83.9 Å². The Morgan fingerprint density at radius 1 is 0.971 bits per heavy atom. The number of hydrogen-bond donors (Lipinski definition) is 1. The summed E-state index contributed by atoms with van der Waals surface area (Å²) >= 11 is 0. The van der Waals surface area contributed by atoms with Gasteiger partial charge in [-0.3, -0.25) is 9.69 Å². The van der Waals surface area contributed by atoms with Crippen LogP contribution in [-0.2, 0) is 16.1 Å². The normalized spacial score (nSPS) is 20.6. The third-order valence-corrected chi connectivity index (χ3v) is 6.93. The molecule has 0 aliphatic carbocycles. The lowest BCUT2D eigenvalue weighted by Gasteiger charge is -2.39. The minimum atomic E-state index is 0.0899. The number of ether oxygens (including phenoxy) is 1. The van der Waals surface area contributed by atoms with E-state index >= 15 is 0 Å². The lowest BCUT2D eigenvalue weighted by molar-refractivity contribution is -0.117. The standard InChI is InChI=1S/C29H33N3O2/c1-21-18-28(30-26-6-4-3-5-7-26)27-19-25(12-13-29(27)32(21)22(2)33)24-10-8-23(9-11-24)20-31-14-16-34-17-15-31/h3-13,19,21,28,30H,14-18,20H2,1-2H3/t21-,28+/m0/s1. The molecule has 176 valence electrons. The molecule has 2 heterocycles. The maximum Gasteiger partial charge on any atom is 0.224 e. The molecule has 0 unspecified atom stereocenters. The lowest BCUT2D eigenvalue weighted by Crippen LogP contribution is -2.43. The van der Waals surface area contributed by atoms with Crippen LogP contribution in [0, 0.1) is 0 Å². The van der Waals surface area contributed by atoms with Gasteiger partial charge in [-0.15, -0.1) is 0 Å². The van der Waals surface area contributed by atoms with E-state index in [0.717, 1.165) is 50.6 Å². The van der Waals surface area contributed by atoms with Crippen LogP contribution in [0.5, 0.6) is 0 Å². The van der Waals surface area contributed by atoms with E-state index in [4.69, 9.17) is 4.74 Å². The minimum absolute atomic E-state index is 0.0899. The highest BCUT2D eigenvalue weighted by molar-refractivity contribution is 5.94. The van der Waals surface area contributed by atoms with Crippen LogP contribution in [-0.4, -0.2) is 43.2 Å². The summed E-state index contributed by atoms with van der Waals surface area (Å²) < 4.78 is 5.46. The number of amides is 1. The molecule has 0 radical (unpaired) electrons. The maximum atomic E-state index is 12.5. The number of para-hydroxylation sites is 1. The van der Waals surface area contributed by atoms with Crippen molar-refractivity contribution < 1.29 is 9.53 Å². The van der Waals surface area contributed by atoms with Gasteiger partial charge in [0.2, 0.25) is 5.91 Å². The van der Waals surface area contributed by atoms with Crippen molar-refractivity contribution in [3.63, 3.8) is 0 Å². The molecule has 1 saturated heterocycles. The van der Waals surface area contributed by atoms with Gasteiger partial charge in [-0.1, -0.05) is 48.5 Å². The number of benzene rings is 3. The van der Waals surface area contributed by atoms with E-state index in [1.54, 1.807) is 6.92 Å². The molecule has 1 N–H and O–H groups in total. The van der Waals surface area contributed by atoms with Crippen LogP contribution >= 0.6 is 0 Å². The Morgan fingerprint density at radius 3 is 2.38 bits per heavy atom. The Labute approximate surface area is 202 Å². The Balaban J connectivity index is 1.43. The third-order valence-electron chi connectivity index (χ3n) is 6.93. The molecule has 0 saturated carbocycles. The van der Waals surface area contributed by atoms with Crippen molar-refractivity contribution in [2.24, 2.45) is 0 Å². The van der Waals surface area contributed by atoms with Gasteiger partial charge in [0.25, 0.3) is 0 Å². The fourth-order valence-electron chi connectivity index (χ4n) is 5.22. The number of fused-ring (bicyclic) bond motifs is 1. The molecule has 2 aliphatic rings. The quantitative estimate of drug-likeness (QED) is 0.553. The van der Waals surface area contributed by atoms with Gasteiger partial charge in [0, 0.05) is 44.0 Å². The van der Waals surface area contributed by atoms with Gasteiger partial charge in [0.15, 0.2) is 0 Å². The molecule has 1 fully saturated rings. The number of morpholine rings is 1. The average molecular weight is 456 g/mol. The van der Waals surface area contributed by atoms with Crippen molar-refractivity contribution >= 4 is 17.3 Å². The van der Waals surface area contributed by atoms with E-state index < -0.39 is 0 Å². The van der Waals surface area contributed by atoms with E-state index in [0.29, 0.717) is 0 Å². The zero-order valence-electron chi connectivity index (χ0n) is 20.0. The molecule has 3 aromatic carbocycles. The molecule has 2 atom stereocenters. The fourth-order valence-corrected chi connectivity index (χ4v) is 5.22. The first kappa shape index (κ1) is 22.6. The molecule has 34 heavy (non-hydrogen) atoms. The number of anilines is 2. The monoisotopic (exact) mass is 455 g/mol. The predicted molar refractivity (Wildman–Crippen MR) is 138 cm³/mol. The van der Waals surface area contributed by atoms with Crippen molar-refractivity contribution in [1.82, 2.24) is 4.90 Å². The van der Waals surface area contributed by atoms with Gasteiger partial charge in [-0.25, -0.2) is 0 Å². The van der Waals surface area contributed by atoms with Crippen LogP contribution in [0.25, 0.3) is 11.1 Å².